The second-order valence-electron chi connectivity index (χ2n) is 5.42. The summed E-state index contributed by atoms with van der Waals surface area (Å²) in [4.78, 5) is 2.55. The van der Waals surface area contributed by atoms with Crippen LogP contribution in [0, 0.1) is 0 Å². The van der Waals surface area contributed by atoms with Crippen LogP contribution in [-0.2, 0) is 4.74 Å². The summed E-state index contributed by atoms with van der Waals surface area (Å²) in [5.74, 6) is 0.357. The molecule has 0 amide bonds. The van der Waals surface area contributed by atoms with Crippen LogP contribution in [0.2, 0.25) is 0 Å². The summed E-state index contributed by atoms with van der Waals surface area (Å²) in [6, 6.07) is 8.55. The van der Waals surface area contributed by atoms with E-state index in [1.54, 1.807) is 6.07 Å². The summed E-state index contributed by atoms with van der Waals surface area (Å²) < 4.78 is 5.85. The minimum Gasteiger partial charge on any atom is -0.508 e. The fourth-order valence-corrected chi connectivity index (χ4v) is 3.41. The maximum atomic E-state index is 9.60. The third-order valence-corrected chi connectivity index (χ3v) is 4.38. The van der Waals surface area contributed by atoms with E-state index in [9.17, 15) is 5.11 Å². The summed E-state index contributed by atoms with van der Waals surface area (Å²) in [6.07, 6.45) is 4.15. The van der Waals surface area contributed by atoms with Gasteiger partial charge in [-0.05, 0) is 43.9 Å². The van der Waals surface area contributed by atoms with Gasteiger partial charge in [0, 0.05) is 18.6 Å². The van der Waals surface area contributed by atoms with E-state index in [2.05, 4.69) is 17.9 Å². The number of hydrogen-bond donors (Lipinski definition) is 1. The van der Waals surface area contributed by atoms with Gasteiger partial charge in [-0.3, -0.25) is 4.90 Å². The normalized spacial score (nSPS) is 30.1. The number of rotatable bonds is 2. The number of phenolic OH excluding ortho intramolecular Hbond substituents is 1. The van der Waals surface area contributed by atoms with Crippen LogP contribution >= 0.6 is 0 Å². The Balaban J connectivity index is 1.80. The number of benzene rings is 1. The van der Waals surface area contributed by atoms with Crippen LogP contribution in [-0.4, -0.2) is 35.3 Å². The van der Waals surface area contributed by atoms with Gasteiger partial charge in [0.05, 0.1) is 12.7 Å². The average molecular weight is 247 g/mol. The summed E-state index contributed by atoms with van der Waals surface area (Å²) in [5.41, 5.74) is 1.20. The standard InChI is InChI=1S/C15H21NO2/c1-11(12-4-2-5-13(17)10-12)16-8-9-18-15-7-3-6-14(15)16/h2,4-5,10-11,14-15,17H,3,6-9H2,1H3. The van der Waals surface area contributed by atoms with Crippen molar-refractivity contribution in [3.8, 4) is 5.75 Å². The topological polar surface area (TPSA) is 32.7 Å². The molecule has 1 heterocycles. The van der Waals surface area contributed by atoms with Crippen LogP contribution < -0.4 is 0 Å². The SMILES string of the molecule is CC(c1cccc(O)c1)N1CCOC2CCCC21. The van der Waals surface area contributed by atoms with E-state index in [-0.39, 0.29) is 0 Å². The molecule has 0 spiro atoms. The maximum absolute atomic E-state index is 9.60. The molecule has 1 aliphatic heterocycles. The van der Waals surface area contributed by atoms with E-state index in [1.165, 1.54) is 24.8 Å². The second kappa shape index (κ2) is 4.90. The lowest BCUT2D eigenvalue weighted by Gasteiger charge is -2.41. The van der Waals surface area contributed by atoms with E-state index < -0.39 is 0 Å². The highest BCUT2D eigenvalue weighted by Crippen LogP contribution is 2.35. The summed E-state index contributed by atoms with van der Waals surface area (Å²) in [7, 11) is 0. The van der Waals surface area contributed by atoms with E-state index in [1.807, 2.05) is 12.1 Å². The van der Waals surface area contributed by atoms with Crippen LogP contribution in [0.25, 0.3) is 0 Å². The molecule has 2 aliphatic rings. The van der Waals surface area contributed by atoms with E-state index in [4.69, 9.17) is 4.74 Å². The highest BCUT2D eigenvalue weighted by Gasteiger charge is 2.38. The molecular weight excluding hydrogens is 226 g/mol. The van der Waals surface area contributed by atoms with Gasteiger partial charge in [0.15, 0.2) is 0 Å². The third kappa shape index (κ3) is 2.13. The number of phenols is 1. The summed E-state index contributed by atoms with van der Waals surface area (Å²) in [5, 5.41) is 9.60. The van der Waals surface area contributed by atoms with Crippen LogP contribution in [0.5, 0.6) is 5.75 Å². The van der Waals surface area contributed by atoms with Gasteiger partial charge >= 0.3 is 0 Å². The average Bonchev–Trinajstić information content (AvgIpc) is 2.86. The molecule has 3 heteroatoms. The van der Waals surface area contributed by atoms with Crippen molar-refractivity contribution in [2.75, 3.05) is 13.2 Å². The first-order valence-corrected chi connectivity index (χ1v) is 6.92. The summed E-state index contributed by atoms with van der Waals surface area (Å²) >= 11 is 0. The summed E-state index contributed by atoms with van der Waals surface area (Å²) in [6.45, 7) is 4.07. The van der Waals surface area contributed by atoms with Crippen LogP contribution in [0.4, 0.5) is 0 Å². The van der Waals surface area contributed by atoms with Crippen molar-refractivity contribution in [2.45, 2.75) is 44.4 Å². The molecule has 1 aliphatic carbocycles. The molecule has 3 rings (SSSR count). The quantitative estimate of drug-likeness (QED) is 0.872. The molecule has 0 bridgehead atoms. The molecule has 0 aromatic heterocycles. The molecule has 3 unspecified atom stereocenters. The van der Waals surface area contributed by atoms with Crippen molar-refractivity contribution < 1.29 is 9.84 Å². The Hall–Kier alpha value is -1.06. The molecule has 3 nitrogen and oxygen atoms in total. The van der Waals surface area contributed by atoms with E-state index in [0.29, 0.717) is 23.9 Å². The molecule has 1 N–H and O–H groups in total. The molecule has 2 fully saturated rings. The van der Waals surface area contributed by atoms with Crippen molar-refractivity contribution in [1.82, 2.24) is 4.90 Å². The van der Waals surface area contributed by atoms with Crippen molar-refractivity contribution in [3.63, 3.8) is 0 Å². The number of ether oxygens (including phenoxy) is 1. The highest BCUT2D eigenvalue weighted by atomic mass is 16.5. The zero-order valence-electron chi connectivity index (χ0n) is 10.9. The Labute approximate surface area is 108 Å². The lowest BCUT2D eigenvalue weighted by molar-refractivity contribution is -0.0698. The van der Waals surface area contributed by atoms with Gasteiger partial charge < -0.3 is 9.84 Å². The van der Waals surface area contributed by atoms with E-state index in [0.717, 1.165) is 13.2 Å². The molecule has 98 valence electrons. The van der Waals surface area contributed by atoms with Gasteiger partial charge in [0.2, 0.25) is 0 Å². The van der Waals surface area contributed by atoms with Gasteiger partial charge in [0.25, 0.3) is 0 Å². The molecule has 3 atom stereocenters. The molecule has 0 radical (unpaired) electrons. The predicted molar refractivity (Wildman–Crippen MR) is 70.6 cm³/mol. The smallest absolute Gasteiger partial charge is 0.115 e. The van der Waals surface area contributed by atoms with Gasteiger partial charge in [-0.2, -0.15) is 0 Å². The number of aromatic hydroxyl groups is 1. The number of nitrogens with zero attached hydrogens (tertiary/aromatic N) is 1. The van der Waals surface area contributed by atoms with Crippen molar-refractivity contribution in [3.05, 3.63) is 29.8 Å². The number of fused-ring (bicyclic) bond motifs is 1. The van der Waals surface area contributed by atoms with Gasteiger partial charge in [-0.1, -0.05) is 12.1 Å². The molecular formula is C15H21NO2. The molecule has 1 saturated carbocycles. The Morgan fingerprint density at radius 1 is 1.39 bits per heavy atom. The Morgan fingerprint density at radius 2 is 2.28 bits per heavy atom. The first kappa shape index (κ1) is 12.0. The van der Waals surface area contributed by atoms with Crippen LogP contribution in [0.3, 0.4) is 0 Å². The van der Waals surface area contributed by atoms with Crippen molar-refractivity contribution in [2.24, 2.45) is 0 Å². The third-order valence-electron chi connectivity index (χ3n) is 4.38. The Kier molecular flexibility index (Phi) is 3.27. The minimum atomic E-state index is 0.353. The molecule has 1 aromatic rings. The van der Waals surface area contributed by atoms with E-state index >= 15 is 0 Å². The molecule has 18 heavy (non-hydrogen) atoms. The number of morpholine rings is 1. The fraction of sp³-hybridized carbons (Fsp3) is 0.600. The van der Waals surface area contributed by atoms with Crippen LogP contribution in [0.15, 0.2) is 24.3 Å². The highest BCUT2D eigenvalue weighted by molar-refractivity contribution is 5.29. The Morgan fingerprint density at radius 3 is 3.11 bits per heavy atom. The second-order valence-corrected chi connectivity index (χ2v) is 5.42. The Bertz CT molecular complexity index is 421. The van der Waals surface area contributed by atoms with Gasteiger partial charge in [-0.25, -0.2) is 0 Å². The van der Waals surface area contributed by atoms with Crippen molar-refractivity contribution in [1.29, 1.82) is 0 Å². The first-order chi connectivity index (χ1) is 8.75. The van der Waals surface area contributed by atoms with Crippen molar-refractivity contribution >= 4 is 0 Å². The molecule has 1 aromatic carbocycles. The van der Waals surface area contributed by atoms with Gasteiger partial charge in [0.1, 0.15) is 5.75 Å². The van der Waals surface area contributed by atoms with Gasteiger partial charge in [-0.15, -0.1) is 0 Å². The molecule has 1 saturated heterocycles. The number of hydrogen-bond acceptors (Lipinski definition) is 3. The zero-order valence-corrected chi connectivity index (χ0v) is 10.9. The maximum Gasteiger partial charge on any atom is 0.115 e. The lowest BCUT2D eigenvalue weighted by Crippen LogP contribution is -2.49. The first-order valence-electron chi connectivity index (χ1n) is 6.92. The zero-order chi connectivity index (χ0) is 12.5. The van der Waals surface area contributed by atoms with Crippen LogP contribution in [0.1, 0.15) is 37.8 Å². The predicted octanol–water partition coefficient (Wildman–Crippen LogP) is 2.71. The fourth-order valence-electron chi connectivity index (χ4n) is 3.41. The monoisotopic (exact) mass is 247 g/mol. The lowest BCUT2D eigenvalue weighted by atomic mass is 10.0. The largest absolute Gasteiger partial charge is 0.508 e. The minimum absolute atomic E-state index is 0.353.